The number of hydrogen-bond acceptors (Lipinski definition) is 5. The van der Waals surface area contributed by atoms with Crippen LogP contribution in [-0.4, -0.2) is 70.8 Å². The summed E-state index contributed by atoms with van der Waals surface area (Å²) in [6.07, 6.45) is 3.43. The number of carbonyl (C=O) groups is 1. The molecule has 0 aliphatic carbocycles. The van der Waals surface area contributed by atoms with E-state index in [2.05, 4.69) is 9.55 Å². The predicted octanol–water partition coefficient (Wildman–Crippen LogP) is 3.32. The number of halogens is 2. The standard InChI is InChI=1S/C22H26N4O3.2ClH/c1-24(2)14-19-21(22(28)26-7-9-29-10-8-26)17-12-20(27)16(11-18(17)25(19)3)15-5-4-6-23-13-15;;/h4-6,11-13,27H,7-10,14H2,1-3H3;2*1H. The first-order valence-electron chi connectivity index (χ1n) is 9.73. The van der Waals surface area contributed by atoms with Gasteiger partial charge in [-0.15, -0.1) is 24.8 Å². The van der Waals surface area contributed by atoms with Crippen molar-refractivity contribution in [2.75, 3.05) is 40.4 Å². The van der Waals surface area contributed by atoms with Gasteiger partial charge in [-0.1, -0.05) is 6.07 Å². The summed E-state index contributed by atoms with van der Waals surface area (Å²) >= 11 is 0. The van der Waals surface area contributed by atoms with E-state index in [0.29, 0.717) is 44.0 Å². The molecule has 168 valence electrons. The lowest BCUT2D eigenvalue weighted by atomic mass is 10.0. The van der Waals surface area contributed by atoms with Crippen molar-refractivity contribution in [2.45, 2.75) is 6.54 Å². The second-order valence-electron chi connectivity index (χ2n) is 7.65. The molecule has 1 saturated heterocycles. The van der Waals surface area contributed by atoms with Crippen LogP contribution in [0.4, 0.5) is 0 Å². The average molecular weight is 467 g/mol. The number of ether oxygens (including phenoxy) is 1. The maximum absolute atomic E-state index is 13.4. The number of aromatic hydroxyl groups is 1. The van der Waals surface area contributed by atoms with E-state index in [9.17, 15) is 9.90 Å². The number of pyridine rings is 1. The van der Waals surface area contributed by atoms with E-state index in [1.807, 2.05) is 49.1 Å². The maximum Gasteiger partial charge on any atom is 0.256 e. The minimum Gasteiger partial charge on any atom is -0.507 e. The zero-order chi connectivity index (χ0) is 20.5. The quantitative estimate of drug-likeness (QED) is 0.638. The Labute approximate surface area is 194 Å². The Kier molecular flexibility index (Phi) is 8.31. The molecule has 0 spiro atoms. The summed E-state index contributed by atoms with van der Waals surface area (Å²) in [5.74, 6) is 0.132. The van der Waals surface area contributed by atoms with Crippen molar-refractivity contribution in [3.8, 4) is 16.9 Å². The molecule has 1 aliphatic rings. The van der Waals surface area contributed by atoms with Gasteiger partial charge in [0.15, 0.2) is 0 Å². The number of nitrogens with zero attached hydrogens (tertiary/aromatic N) is 4. The van der Waals surface area contributed by atoms with Crippen molar-refractivity contribution < 1.29 is 14.6 Å². The number of phenolic OH excluding ortho intramolecular Hbond substituents is 1. The fourth-order valence-corrected chi connectivity index (χ4v) is 3.92. The third kappa shape index (κ3) is 4.80. The Morgan fingerprint density at radius 2 is 1.94 bits per heavy atom. The molecule has 1 N–H and O–H groups in total. The Balaban J connectivity index is 0.00000171. The number of benzene rings is 1. The van der Waals surface area contributed by atoms with E-state index in [-0.39, 0.29) is 36.5 Å². The summed E-state index contributed by atoms with van der Waals surface area (Å²) in [5.41, 5.74) is 4.04. The van der Waals surface area contributed by atoms with Gasteiger partial charge in [0.05, 0.1) is 18.8 Å². The zero-order valence-electron chi connectivity index (χ0n) is 17.9. The zero-order valence-corrected chi connectivity index (χ0v) is 19.5. The predicted molar refractivity (Wildman–Crippen MR) is 126 cm³/mol. The van der Waals surface area contributed by atoms with Gasteiger partial charge in [0, 0.05) is 66.8 Å². The second kappa shape index (κ2) is 10.3. The van der Waals surface area contributed by atoms with Crippen LogP contribution in [-0.2, 0) is 18.3 Å². The van der Waals surface area contributed by atoms with Crippen LogP contribution in [0.2, 0.25) is 0 Å². The number of aryl methyl sites for hydroxylation is 1. The fourth-order valence-electron chi connectivity index (χ4n) is 3.92. The molecule has 1 fully saturated rings. The first-order valence-corrected chi connectivity index (χ1v) is 9.73. The molecular weight excluding hydrogens is 439 g/mol. The lowest BCUT2D eigenvalue weighted by Gasteiger charge is -2.27. The molecule has 0 unspecified atom stereocenters. The van der Waals surface area contributed by atoms with Crippen molar-refractivity contribution in [3.05, 3.63) is 47.9 Å². The molecule has 3 aromatic rings. The maximum atomic E-state index is 13.4. The molecule has 31 heavy (non-hydrogen) atoms. The van der Waals surface area contributed by atoms with Crippen LogP contribution in [0, 0.1) is 0 Å². The molecule has 1 aliphatic heterocycles. The largest absolute Gasteiger partial charge is 0.507 e. The number of morpholine rings is 1. The van der Waals surface area contributed by atoms with E-state index in [0.717, 1.165) is 22.2 Å². The van der Waals surface area contributed by atoms with Gasteiger partial charge in [0.2, 0.25) is 0 Å². The van der Waals surface area contributed by atoms with Crippen LogP contribution in [0.1, 0.15) is 16.1 Å². The highest BCUT2D eigenvalue weighted by molar-refractivity contribution is 6.09. The van der Waals surface area contributed by atoms with Crippen LogP contribution in [0.25, 0.3) is 22.0 Å². The monoisotopic (exact) mass is 466 g/mol. The topological polar surface area (TPSA) is 70.8 Å². The Morgan fingerprint density at radius 1 is 1.23 bits per heavy atom. The molecular formula is C22H28Cl2N4O3. The third-order valence-corrected chi connectivity index (χ3v) is 5.39. The molecule has 7 nitrogen and oxygen atoms in total. The number of phenols is 1. The van der Waals surface area contributed by atoms with E-state index < -0.39 is 0 Å². The molecule has 3 heterocycles. The molecule has 0 atom stereocenters. The van der Waals surface area contributed by atoms with Crippen molar-refractivity contribution in [3.63, 3.8) is 0 Å². The number of carbonyl (C=O) groups excluding carboxylic acids is 1. The van der Waals surface area contributed by atoms with Gasteiger partial charge in [-0.25, -0.2) is 0 Å². The molecule has 2 aromatic heterocycles. The summed E-state index contributed by atoms with van der Waals surface area (Å²) in [4.78, 5) is 21.5. The number of rotatable bonds is 4. The SMILES string of the molecule is CN(C)Cc1c(C(=O)N2CCOCC2)c2cc(O)c(-c3cccnc3)cc2n1C.Cl.Cl. The molecule has 0 saturated carbocycles. The smallest absolute Gasteiger partial charge is 0.256 e. The van der Waals surface area contributed by atoms with Gasteiger partial charge in [0.1, 0.15) is 5.75 Å². The van der Waals surface area contributed by atoms with Gasteiger partial charge in [-0.05, 0) is 32.3 Å². The average Bonchev–Trinajstić information content (AvgIpc) is 2.98. The second-order valence-corrected chi connectivity index (χ2v) is 7.65. The molecule has 0 bridgehead atoms. The fraction of sp³-hybridized carbons (Fsp3) is 0.364. The first kappa shape index (κ1) is 24.9. The Hall–Kier alpha value is -2.32. The lowest BCUT2D eigenvalue weighted by Crippen LogP contribution is -2.41. The summed E-state index contributed by atoms with van der Waals surface area (Å²) in [5, 5.41) is 11.5. The molecule has 1 aromatic carbocycles. The van der Waals surface area contributed by atoms with Gasteiger partial charge in [0.25, 0.3) is 5.91 Å². The number of aromatic nitrogens is 2. The molecule has 0 radical (unpaired) electrons. The summed E-state index contributed by atoms with van der Waals surface area (Å²) in [7, 11) is 5.94. The van der Waals surface area contributed by atoms with Crippen molar-refractivity contribution in [1.29, 1.82) is 0 Å². The van der Waals surface area contributed by atoms with Crippen molar-refractivity contribution >= 4 is 41.6 Å². The minimum atomic E-state index is -0.00993. The molecule has 4 rings (SSSR count). The summed E-state index contributed by atoms with van der Waals surface area (Å²) in [6.45, 7) is 2.89. The normalized spacial score (nSPS) is 13.7. The van der Waals surface area contributed by atoms with Gasteiger partial charge in [-0.3, -0.25) is 9.78 Å². The number of fused-ring (bicyclic) bond motifs is 1. The third-order valence-electron chi connectivity index (χ3n) is 5.39. The molecule has 9 heteroatoms. The lowest BCUT2D eigenvalue weighted by molar-refractivity contribution is 0.0303. The van der Waals surface area contributed by atoms with Gasteiger partial charge in [-0.2, -0.15) is 0 Å². The van der Waals surface area contributed by atoms with Crippen LogP contribution in [0.3, 0.4) is 0 Å². The number of hydrogen-bond donors (Lipinski definition) is 1. The highest BCUT2D eigenvalue weighted by Gasteiger charge is 2.27. The van der Waals surface area contributed by atoms with E-state index >= 15 is 0 Å². The minimum absolute atomic E-state index is 0. The van der Waals surface area contributed by atoms with Gasteiger partial charge >= 0.3 is 0 Å². The highest BCUT2D eigenvalue weighted by Crippen LogP contribution is 2.37. The first-order chi connectivity index (χ1) is 14.0. The Bertz CT molecular complexity index is 1050. The van der Waals surface area contributed by atoms with Crippen LogP contribution in [0.5, 0.6) is 5.75 Å². The van der Waals surface area contributed by atoms with Crippen molar-refractivity contribution in [2.24, 2.45) is 7.05 Å². The van der Waals surface area contributed by atoms with E-state index in [1.54, 1.807) is 18.5 Å². The van der Waals surface area contributed by atoms with E-state index in [4.69, 9.17) is 4.74 Å². The molecule has 1 amide bonds. The van der Waals surface area contributed by atoms with E-state index in [1.165, 1.54) is 0 Å². The highest BCUT2D eigenvalue weighted by atomic mass is 35.5. The van der Waals surface area contributed by atoms with Gasteiger partial charge < -0.3 is 24.2 Å². The number of amides is 1. The summed E-state index contributed by atoms with van der Waals surface area (Å²) in [6, 6.07) is 7.41. The Morgan fingerprint density at radius 3 is 2.55 bits per heavy atom. The van der Waals surface area contributed by atoms with Crippen LogP contribution >= 0.6 is 24.8 Å². The van der Waals surface area contributed by atoms with Crippen molar-refractivity contribution in [1.82, 2.24) is 19.4 Å². The van der Waals surface area contributed by atoms with Crippen LogP contribution in [0.15, 0.2) is 36.7 Å². The summed E-state index contributed by atoms with van der Waals surface area (Å²) < 4.78 is 7.46. The van der Waals surface area contributed by atoms with Crippen LogP contribution < -0.4 is 0 Å².